The standard InChI is InChI=1S/C14H21N5S/c1-10(2)8-15-9-12-11(3)18-19(4)13(12)20-14-16-6-5-7-17-14/h5-7,10,15H,8-9H2,1-4H3. The molecule has 6 heteroatoms. The van der Waals surface area contributed by atoms with E-state index in [0.29, 0.717) is 5.92 Å². The first-order valence-corrected chi connectivity index (χ1v) is 7.57. The highest BCUT2D eigenvalue weighted by molar-refractivity contribution is 7.99. The Bertz CT molecular complexity index is 550. The largest absolute Gasteiger partial charge is 0.312 e. The van der Waals surface area contributed by atoms with Crippen molar-refractivity contribution in [2.24, 2.45) is 13.0 Å². The Balaban J connectivity index is 2.15. The molecule has 0 aliphatic carbocycles. The zero-order valence-corrected chi connectivity index (χ0v) is 13.2. The molecule has 2 heterocycles. The zero-order chi connectivity index (χ0) is 14.5. The van der Waals surface area contributed by atoms with Crippen molar-refractivity contribution >= 4 is 11.8 Å². The van der Waals surface area contributed by atoms with Crippen LogP contribution in [0.5, 0.6) is 0 Å². The van der Waals surface area contributed by atoms with Crippen LogP contribution in [0.3, 0.4) is 0 Å². The molecule has 20 heavy (non-hydrogen) atoms. The summed E-state index contributed by atoms with van der Waals surface area (Å²) in [5.41, 5.74) is 2.28. The highest BCUT2D eigenvalue weighted by atomic mass is 32.2. The Morgan fingerprint density at radius 3 is 2.65 bits per heavy atom. The summed E-state index contributed by atoms with van der Waals surface area (Å²) in [4.78, 5) is 8.53. The van der Waals surface area contributed by atoms with Gasteiger partial charge >= 0.3 is 0 Å². The number of nitrogens with one attached hydrogen (secondary N) is 1. The lowest BCUT2D eigenvalue weighted by molar-refractivity contribution is 0.548. The Morgan fingerprint density at radius 2 is 2.00 bits per heavy atom. The van der Waals surface area contributed by atoms with Crippen LogP contribution in [-0.4, -0.2) is 26.3 Å². The fraction of sp³-hybridized carbons (Fsp3) is 0.500. The number of hydrogen-bond donors (Lipinski definition) is 1. The van der Waals surface area contributed by atoms with Gasteiger partial charge in [-0.1, -0.05) is 13.8 Å². The summed E-state index contributed by atoms with van der Waals surface area (Å²) in [5, 5.41) is 9.83. The van der Waals surface area contributed by atoms with Crippen LogP contribution in [0.4, 0.5) is 0 Å². The molecule has 0 fully saturated rings. The third-order valence-corrected chi connectivity index (χ3v) is 3.97. The molecule has 0 saturated carbocycles. The predicted octanol–water partition coefficient (Wildman–Crippen LogP) is 2.42. The molecule has 0 unspecified atom stereocenters. The Morgan fingerprint density at radius 1 is 1.30 bits per heavy atom. The van der Waals surface area contributed by atoms with Crippen LogP contribution in [0.25, 0.3) is 0 Å². The Kier molecular flexibility index (Phi) is 5.14. The van der Waals surface area contributed by atoms with Crippen molar-refractivity contribution in [2.75, 3.05) is 6.54 Å². The number of hydrogen-bond acceptors (Lipinski definition) is 5. The first-order valence-electron chi connectivity index (χ1n) is 6.76. The number of nitrogens with zero attached hydrogens (tertiary/aromatic N) is 4. The SMILES string of the molecule is Cc1nn(C)c(Sc2ncccn2)c1CNCC(C)C. The summed E-state index contributed by atoms with van der Waals surface area (Å²) in [6, 6.07) is 1.82. The van der Waals surface area contributed by atoms with Gasteiger partial charge in [-0.25, -0.2) is 9.97 Å². The molecule has 0 aliphatic heterocycles. The van der Waals surface area contributed by atoms with Crippen molar-refractivity contribution < 1.29 is 0 Å². The molecule has 0 bridgehead atoms. The second kappa shape index (κ2) is 6.85. The van der Waals surface area contributed by atoms with E-state index in [4.69, 9.17) is 0 Å². The minimum Gasteiger partial charge on any atom is -0.312 e. The van der Waals surface area contributed by atoms with Crippen molar-refractivity contribution in [3.63, 3.8) is 0 Å². The molecule has 0 radical (unpaired) electrons. The van der Waals surface area contributed by atoms with Crippen LogP contribution in [0.1, 0.15) is 25.1 Å². The van der Waals surface area contributed by atoms with Gasteiger partial charge in [0.1, 0.15) is 5.03 Å². The zero-order valence-electron chi connectivity index (χ0n) is 12.4. The summed E-state index contributed by atoms with van der Waals surface area (Å²) in [5.74, 6) is 0.639. The van der Waals surface area contributed by atoms with E-state index in [9.17, 15) is 0 Å². The molecule has 0 atom stereocenters. The predicted molar refractivity (Wildman–Crippen MR) is 80.6 cm³/mol. The molecule has 5 nitrogen and oxygen atoms in total. The van der Waals surface area contributed by atoms with Gasteiger partial charge in [-0.05, 0) is 37.2 Å². The molecule has 0 amide bonds. The van der Waals surface area contributed by atoms with Gasteiger partial charge in [-0.2, -0.15) is 5.10 Å². The molecular formula is C14H21N5S. The smallest absolute Gasteiger partial charge is 0.193 e. The molecule has 1 N–H and O–H groups in total. The van der Waals surface area contributed by atoms with E-state index in [2.05, 4.69) is 34.2 Å². The maximum Gasteiger partial charge on any atom is 0.193 e. The number of rotatable bonds is 6. The molecule has 0 aliphatic rings. The van der Waals surface area contributed by atoms with Gasteiger partial charge in [0, 0.05) is 31.5 Å². The lowest BCUT2D eigenvalue weighted by Gasteiger charge is -2.09. The summed E-state index contributed by atoms with van der Waals surface area (Å²) in [7, 11) is 1.96. The highest BCUT2D eigenvalue weighted by Gasteiger charge is 2.15. The minimum absolute atomic E-state index is 0.639. The van der Waals surface area contributed by atoms with Crippen LogP contribution < -0.4 is 5.32 Å². The maximum atomic E-state index is 4.51. The molecule has 0 spiro atoms. The molecule has 2 rings (SSSR count). The van der Waals surface area contributed by atoms with Gasteiger partial charge in [-0.15, -0.1) is 0 Å². The van der Waals surface area contributed by atoms with Crippen molar-refractivity contribution in [1.29, 1.82) is 0 Å². The van der Waals surface area contributed by atoms with E-state index < -0.39 is 0 Å². The monoisotopic (exact) mass is 291 g/mol. The van der Waals surface area contributed by atoms with E-state index in [1.807, 2.05) is 24.7 Å². The van der Waals surface area contributed by atoms with Gasteiger partial charge < -0.3 is 5.32 Å². The Hall–Kier alpha value is -1.40. The van der Waals surface area contributed by atoms with Crippen LogP contribution in [0, 0.1) is 12.8 Å². The molecule has 0 aromatic carbocycles. The first-order chi connectivity index (χ1) is 9.58. The van der Waals surface area contributed by atoms with E-state index in [1.54, 1.807) is 24.2 Å². The topological polar surface area (TPSA) is 55.6 Å². The fourth-order valence-corrected chi connectivity index (χ4v) is 2.84. The summed E-state index contributed by atoms with van der Waals surface area (Å²) < 4.78 is 1.91. The second-order valence-electron chi connectivity index (χ2n) is 5.15. The summed E-state index contributed by atoms with van der Waals surface area (Å²) in [6.45, 7) is 8.28. The molecular weight excluding hydrogens is 270 g/mol. The normalized spacial score (nSPS) is 11.2. The van der Waals surface area contributed by atoms with E-state index >= 15 is 0 Å². The van der Waals surface area contributed by atoms with E-state index in [1.165, 1.54) is 5.56 Å². The van der Waals surface area contributed by atoms with Crippen molar-refractivity contribution in [3.8, 4) is 0 Å². The molecule has 2 aromatic heterocycles. The number of aromatic nitrogens is 4. The van der Waals surface area contributed by atoms with Crippen LogP contribution in [0.15, 0.2) is 28.6 Å². The van der Waals surface area contributed by atoms with Gasteiger partial charge in [0.2, 0.25) is 0 Å². The number of aryl methyl sites for hydroxylation is 2. The van der Waals surface area contributed by atoms with Crippen molar-refractivity contribution in [2.45, 2.75) is 37.5 Å². The molecule has 2 aromatic rings. The molecule has 108 valence electrons. The van der Waals surface area contributed by atoms with Gasteiger partial charge in [0.05, 0.1) is 5.69 Å². The fourth-order valence-electron chi connectivity index (χ4n) is 1.92. The highest BCUT2D eigenvalue weighted by Crippen LogP contribution is 2.29. The van der Waals surface area contributed by atoms with Crippen LogP contribution >= 0.6 is 11.8 Å². The van der Waals surface area contributed by atoms with Crippen LogP contribution in [0.2, 0.25) is 0 Å². The first kappa shape index (κ1) is 15.0. The van der Waals surface area contributed by atoms with Crippen LogP contribution in [-0.2, 0) is 13.6 Å². The van der Waals surface area contributed by atoms with E-state index in [-0.39, 0.29) is 0 Å². The average molecular weight is 291 g/mol. The van der Waals surface area contributed by atoms with Gasteiger partial charge in [0.25, 0.3) is 0 Å². The quantitative estimate of drug-likeness (QED) is 0.828. The molecule has 0 saturated heterocycles. The lowest BCUT2D eigenvalue weighted by Crippen LogP contribution is -2.19. The maximum absolute atomic E-state index is 4.51. The summed E-state index contributed by atoms with van der Waals surface area (Å²) >= 11 is 1.56. The third kappa shape index (κ3) is 3.80. The van der Waals surface area contributed by atoms with Gasteiger partial charge in [0.15, 0.2) is 5.16 Å². The average Bonchev–Trinajstić information content (AvgIpc) is 2.66. The van der Waals surface area contributed by atoms with Gasteiger partial charge in [-0.3, -0.25) is 4.68 Å². The summed E-state index contributed by atoms with van der Waals surface area (Å²) in [6.07, 6.45) is 3.52. The minimum atomic E-state index is 0.639. The Labute approximate surface area is 124 Å². The van der Waals surface area contributed by atoms with Crippen molar-refractivity contribution in [1.82, 2.24) is 25.1 Å². The van der Waals surface area contributed by atoms with Crippen molar-refractivity contribution in [3.05, 3.63) is 29.7 Å². The second-order valence-corrected chi connectivity index (χ2v) is 6.11. The third-order valence-electron chi connectivity index (χ3n) is 2.87. The van der Waals surface area contributed by atoms with E-state index in [0.717, 1.165) is 29.0 Å². The lowest BCUT2D eigenvalue weighted by atomic mass is 10.2.